The third kappa shape index (κ3) is 2.70. The summed E-state index contributed by atoms with van der Waals surface area (Å²) in [7, 11) is 1.58. The lowest BCUT2D eigenvalue weighted by atomic mass is 10.2. The molecule has 17 heavy (non-hydrogen) atoms. The predicted octanol–water partition coefficient (Wildman–Crippen LogP) is 1.46. The lowest BCUT2D eigenvalue weighted by Crippen LogP contribution is -2.42. The van der Waals surface area contributed by atoms with Crippen molar-refractivity contribution >= 4 is 17.5 Å². The molecule has 0 aliphatic heterocycles. The molecule has 1 aromatic carbocycles. The second kappa shape index (κ2) is 4.55. The van der Waals surface area contributed by atoms with Crippen LogP contribution >= 0.6 is 11.6 Å². The molecule has 0 unspecified atom stereocenters. The van der Waals surface area contributed by atoms with Gasteiger partial charge < -0.3 is 15.8 Å². The molecule has 92 valence electrons. The van der Waals surface area contributed by atoms with Crippen molar-refractivity contribution in [2.75, 3.05) is 7.11 Å². The number of nitrogens with one attached hydrogen (secondary N) is 1. The average Bonchev–Trinajstić information content (AvgIpc) is 3.06. The predicted molar refractivity (Wildman–Crippen MR) is 66.0 cm³/mol. The molecule has 0 aromatic heterocycles. The molecule has 0 saturated heterocycles. The number of halogens is 1. The molecular formula is C12H15ClN2O2. The zero-order valence-corrected chi connectivity index (χ0v) is 10.4. The summed E-state index contributed by atoms with van der Waals surface area (Å²) in [6, 6.07) is 5.30. The standard InChI is InChI=1S/C12H15ClN2O2/c1-17-10-3-2-9(13)6-8(10)7-15-11(16)12(14)4-5-12/h2-3,6H,4-5,7,14H2,1H3,(H,15,16). The van der Waals surface area contributed by atoms with Crippen LogP contribution in [0.25, 0.3) is 0 Å². The summed E-state index contributed by atoms with van der Waals surface area (Å²) >= 11 is 5.90. The highest BCUT2D eigenvalue weighted by Crippen LogP contribution is 2.32. The summed E-state index contributed by atoms with van der Waals surface area (Å²) in [6.07, 6.45) is 1.51. The van der Waals surface area contributed by atoms with E-state index >= 15 is 0 Å². The first-order chi connectivity index (χ1) is 8.05. The van der Waals surface area contributed by atoms with Crippen molar-refractivity contribution in [3.63, 3.8) is 0 Å². The molecule has 0 heterocycles. The first-order valence-corrected chi connectivity index (χ1v) is 5.82. The van der Waals surface area contributed by atoms with Crippen molar-refractivity contribution in [1.29, 1.82) is 0 Å². The number of carbonyl (C=O) groups excluding carboxylic acids is 1. The average molecular weight is 255 g/mol. The van der Waals surface area contributed by atoms with Crippen LogP contribution in [0.2, 0.25) is 5.02 Å². The number of hydrogen-bond donors (Lipinski definition) is 2. The Morgan fingerprint density at radius 1 is 1.59 bits per heavy atom. The Balaban J connectivity index is 2.03. The molecule has 0 atom stereocenters. The van der Waals surface area contributed by atoms with Gasteiger partial charge in [-0.15, -0.1) is 0 Å². The summed E-state index contributed by atoms with van der Waals surface area (Å²) < 4.78 is 5.19. The maximum atomic E-state index is 11.7. The molecule has 5 heteroatoms. The molecule has 0 bridgehead atoms. The summed E-state index contributed by atoms with van der Waals surface area (Å²) in [5.41, 5.74) is 5.98. The molecular weight excluding hydrogens is 240 g/mol. The largest absolute Gasteiger partial charge is 0.496 e. The molecule has 1 fully saturated rings. The highest BCUT2D eigenvalue weighted by Gasteiger charge is 2.45. The van der Waals surface area contributed by atoms with E-state index in [0.717, 1.165) is 18.4 Å². The lowest BCUT2D eigenvalue weighted by Gasteiger charge is -2.12. The Labute approximate surface area is 105 Å². The van der Waals surface area contributed by atoms with Gasteiger partial charge in [-0.3, -0.25) is 4.79 Å². The fraction of sp³-hybridized carbons (Fsp3) is 0.417. The molecule has 0 radical (unpaired) electrons. The Morgan fingerprint density at radius 3 is 2.88 bits per heavy atom. The van der Waals surface area contributed by atoms with Gasteiger partial charge in [0.2, 0.25) is 5.91 Å². The van der Waals surface area contributed by atoms with Crippen LogP contribution < -0.4 is 15.8 Å². The summed E-state index contributed by atoms with van der Waals surface area (Å²) in [6.45, 7) is 0.377. The molecule has 3 N–H and O–H groups in total. The summed E-state index contributed by atoms with van der Waals surface area (Å²) in [5.74, 6) is 0.594. The molecule has 2 rings (SSSR count). The SMILES string of the molecule is COc1ccc(Cl)cc1CNC(=O)C1(N)CC1. The topological polar surface area (TPSA) is 64.3 Å². The van der Waals surface area contributed by atoms with Gasteiger partial charge in [-0.25, -0.2) is 0 Å². The molecule has 1 aliphatic rings. The molecule has 1 amide bonds. The van der Waals surface area contributed by atoms with Crippen LogP contribution in [0.15, 0.2) is 18.2 Å². The van der Waals surface area contributed by atoms with Crippen molar-refractivity contribution in [3.8, 4) is 5.75 Å². The van der Waals surface area contributed by atoms with E-state index in [9.17, 15) is 4.79 Å². The van der Waals surface area contributed by atoms with E-state index in [1.165, 1.54) is 0 Å². The second-order valence-electron chi connectivity index (χ2n) is 4.29. The number of carbonyl (C=O) groups is 1. The maximum absolute atomic E-state index is 11.7. The van der Waals surface area contributed by atoms with Gasteiger partial charge in [-0.2, -0.15) is 0 Å². The lowest BCUT2D eigenvalue weighted by molar-refractivity contribution is -0.123. The Hall–Kier alpha value is -1.26. The van der Waals surface area contributed by atoms with Gasteiger partial charge in [0.15, 0.2) is 0 Å². The van der Waals surface area contributed by atoms with E-state index in [1.54, 1.807) is 25.3 Å². The fourth-order valence-corrected chi connectivity index (χ4v) is 1.79. The van der Waals surface area contributed by atoms with E-state index in [4.69, 9.17) is 22.1 Å². The highest BCUT2D eigenvalue weighted by molar-refractivity contribution is 6.30. The minimum Gasteiger partial charge on any atom is -0.496 e. The van der Waals surface area contributed by atoms with Crippen molar-refractivity contribution in [2.24, 2.45) is 5.73 Å². The van der Waals surface area contributed by atoms with Crippen molar-refractivity contribution < 1.29 is 9.53 Å². The molecule has 0 spiro atoms. The number of benzene rings is 1. The zero-order chi connectivity index (χ0) is 12.5. The van der Waals surface area contributed by atoms with Crippen LogP contribution in [-0.4, -0.2) is 18.6 Å². The third-order valence-electron chi connectivity index (χ3n) is 2.92. The number of amides is 1. The quantitative estimate of drug-likeness (QED) is 0.855. The van der Waals surface area contributed by atoms with Crippen LogP contribution in [0, 0.1) is 0 Å². The van der Waals surface area contributed by atoms with E-state index in [-0.39, 0.29) is 5.91 Å². The Bertz CT molecular complexity index is 444. The van der Waals surface area contributed by atoms with Gasteiger partial charge in [-0.1, -0.05) is 11.6 Å². The Kier molecular flexibility index (Phi) is 3.26. The van der Waals surface area contributed by atoms with Crippen LogP contribution in [-0.2, 0) is 11.3 Å². The normalized spacial score (nSPS) is 16.4. The molecule has 1 aliphatic carbocycles. The number of methoxy groups -OCH3 is 1. The summed E-state index contributed by atoms with van der Waals surface area (Å²) in [4.78, 5) is 11.7. The second-order valence-corrected chi connectivity index (χ2v) is 4.73. The molecule has 4 nitrogen and oxygen atoms in total. The first-order valence-electron chi connectivity index (χ1n) is 5.45. The molecule has 1 aromatic rings. The van der Waals surface area contributed by atoms with E-state index < -0.39 is 5.54 Å². The van der Waals surface area contributed by atoms with Gasteiger partial charge in [0.25, 0.3) is 0 Å². The van der Waals surface area contributed by atoms with Crippen LogP contribution in [0.5, 0.6) is 5.75 Å². The van der Waals surface area contributed by atoms with Gasteiger partial charge in [-0.05, 0) is 31.0 Å². The zero-order valence-electron chi connectivity index (χ0n) is 9.63. The molecule has 1 saturated carbocycles. The van der Waals surface area contributed by atoms with Crippen LogP contribution in [0.3, 0.4) is 0 Å². The maximum Gasteiger partial charge on any atom is 0.240 e. The van der Waals surface area contributed by atoms with Crippen LogP contribution in [0.1, 0.15) is 18.4 Å². The first kappa shape index (κ1) is 12.2. The van der Waals surface area contributed by atoms with Gasteiger partial charge in [0, 0.05) is 17.1 Å². The third-order valence-corrected chi connectivity index (χ3v) is 3.16. The van der Waals surface area contributed by atoms with E-state index in [0.29, 0.717) is 17.3 Å². The number of nitrogens with two attached hydrogens (primary N) is 1. The fourth-order valence-electron chi connectivity index (χ4n) is 1.60. The number of ether oxygens (including phenoxy) is 1. The van der Waals surface area contributed by atoms with Gasteiger partial charge in [0.1, 0.15) is 5.75 Å². The van der Waals surface area contributed by atoms with Crippen LogP contribution in [0.4, 0.5) is 0 Å². The van der Waals surface area contributed by atoms with Gasteiger partial charge in [0.05, 0.1) is 12.6 Å². The minimum absolute atomic E-state index is 0.112. The van der Waals surface area contributed by atoms with Crippen molar-refractivity contribution in [1.82, 2.24) is 5.32 Å². The number of hydrogen-bond acceptors (Lipinski definition) is 3. The van der Waals surface area contributed by atoms with Crippen molar-refractivity contribution in [3.05, 3.63) is 28.8 Å². The monoisotopic (exact) mass is 254 g/mol. The van der Waals surface area contributed by atoms with Crippen molar-refractivity contribution in [2.45, 2.75) is 24.9 Å². The smallest absolute Gasteiger partial charge is 0.240 e. The summed E-state index contributed by atoms with van der Waals surface area (Å²) in [5, 5.41) is 3.42. The highest BCUT2D eigenvalue weighted by atomic mass is 35.5. The van der Waals surface area contributed by atoms with E-state index in [2.05, 4.69) is 5.32 Å². The Morgan fingerprint density at radius 2 is 2.29 bits per heavy atom. The number of rotatable bonds is 4. The van der Waals surface area contributed by atoms with E-state index in [1.807, 2.05) is 0 Å². The minimum atomic E-state index is -0.647. The van der Waals surface area contributed by atoms with Gasteiger partial charge >= 0.3 is 0 Å².